The van der Waals surface area contributed by atoms with E-state index in [9.17, 15) is 9.59 Å². The van der Waals surface area contributed by atoms with Gasteiger partial charge in [0.25, 0.3) is 0 Å². The molecule has 3 rings (SSSR count). The van der Waals surface area contributed by atoms with E-state index < -0.39 is 6.09 Å². The Labute approximate surface area is 169 Å². The Bertz CT molecular complexity index is 823. The van der Waals surface area contributed by atoms with Crippen LogP contribution in [0.3, 0.4) is 0 Å². The highest BCUT2D eigenvalue weighted by molar-refractivity contribution is 5.83. The molecule has 156 valence electrons. The van der Waals surface area contributed by atoms with E-state index in [0.29, 0.717) is 12.2 Å². The van der Waals surface area contributed by atoms with E-state index in [-0.39, 0.29) is 24.7 Å². The smallest absolute Gasteiger partial charge is 0.424 e. The van der Waals surface area contributed by atoms with Crippen molar-refractivity contribution in [2.75, 3.05) is 26.5 Å². The largest absolute Gasteiger partial charge is 0.445 e. The van der Waals surface area contributed by atoms with Gasteiger partial charge >= 0.3 is 12.2 Å². The van der Waals surface area contributed by atoms with Gasteiger partial charge < -0.3 is 9.47 Å². The number of hydrogen-bond acceptors (Lipinski definition) is 6. The standard InChI is InChI=1S/C20H27N5O4/c1-24(2)25(3)20(27)29-16-10-9-15(11-16)17-12-18(23-22-17)21-19(26)28-13-14-7-5-4-6-8-14/h4-8,12,15-16H,9-11,13H2,1-3H3,(H2,21,22,23,26)/t15-,16+/m0/s1. The average molecular weight is 401 g/mol. The number of aromatic nitrogens is 2. The summed E-state index contributed by atoms with van der Waals surface area (Å²) in [5.41, 5.74) is 1.82. The van der Waals surface area contributed by atoms with Gasteiger partial charge in [0.15, 0.2) is 5.82 Å². The molecule has 0 aliphatic heterocycles. The highest BCUT2D eigenvalue weighted by Crippen LogP contribution is 2.36. The number of carbonyl (C=O) groups is 2. The minimum atomic E-state index is -0.558. The number of aromatic amines is 1. The van der Waals surface area contributed by atoms with Crippen molar-refractivity contribution >= 4 is 18.0 Å². The topological polar surface area (TPSA) is 99.8 Å². The van der Waals surface area contributed by atoms with Crippen molar-refractivity contribution in [3.8, 4) is 0 Å². The molecule has 0 saturated heterocycles. The van der Waals surface area contributed by atoms with Gasteiger partial charge in [-0.25, -0.2) is 19.6 Å². The minimum Gasteiger partial charge on any atom is -0.445 e. The molecule has 0 radical (unpaired) electrons. The SMILES string of the molecule is CN(C)N(C)C(=O)O[C@@H]1CC[C@H](c2cc(NC(=O)OCc3ccccc3)n[nH]2)C1. The van der Waals surface area contributed by atoms with Gasteiger partial charge in [-0.2, -0.15) is 5.10 Å². The van der Waals surface area contributed by atoms with Crippen LogP contribution in [0.25, 0.3) is 0 Å². The first kappa shape index (κ1) is 20.7. The van der Waals surface area contributed by atoms with Crippen molar-refractivity contribution in [2.24, 2.45) is 0 Å². The van der Waals surface area contributed by atoms with Crippen molar-refractivity contribution in [1.82, 2.24) is 20.2 Å². The number of amides is 2. The van der Waals surface area contributed by atoms with Crippen LogP contribution in [0.2, 0.25) is 0 Å². The third-order valence-electron chi connectivity index (χ3n) is 5.00. The number of hydrazine groups is 1. The lowest BCUT2D eigenvalue weighted by Crippen LogP contribution is -2.40. The molecule has 2 aromatic rings. The lowest BCUT2D eigenvalue weighted by molar-refractivity contribution is 0.00908. The molecule has 1 heterocycles. The Morgan fingerprint density at radius 3 is 2.69 bits per heavy atom. The Morgan fingerprint density at radius 1 is 1.21 bits per heavy atom. The van der Waals surface area contributed by atoms with Crippen LogP contribution in [0, 0.1) is 0 Å². The molecule has 0 spiro atoms. The molecule has 2 atom stereocenters. The zero-order valence-corrected chi connectivity index (χ0v) is 16.9. The summed E-state index contributed by atoms with van der Waals surface area (Å²) in [7, 11) is 5.23. The van der Waals surface area contributed by atoms with Crippen LogP contribution in [-0.2, 0) is 16.1 Å². The van der Waals surface area contributed by atoms with Crippen molar-refractivity contribution in [1.29, 1.82) is 0 Å². The molecule has 0 unspecified atom stereocenters. The number of carbonyl (C=O) groups excluding carboxylic acids is 2. The summed E-state index contributed by atoms with van der Waals surface area (Å²) in [6, 6.07) is 11.3. The van der Waals surface area contributed by atoms with Gasteiger partial charge in [-0.3, -0.25) is 10.4 Å². The summed E-state index contributed by atoms with van der Waals surface area (Å²) in [6.07, 6.45) is 1.33. The van der Waals surface area contributed by atoms with E-state index in [1.165, 1.54) is 5.01 Å². The lowest BCUT2D eigenvalue weighted by atomic mass is 10.0. The lowest BCUT2D eigenvalue weighted by Gasteiger charge is -2.25. The highest BCUT2D eigenvalue weighted by atomic mass is 16.6. The second kappa shape index (κ2) is 9.42. The van der Waals surface area contributed by atoms with Crippen molar-refractivity contribution in [2.45, 2.75) is 37.9 Å². The molecule has 0 bridgehead atoms. The van der Waals surface area contributed by atoms with Gasteiger partial charge in [-0.1, -0.05) is 30.3 Å². The molecule has 1 fully saturated rings. The maximum atomic E-state index is 12.1. The first-order chi connectivity index (χ1) is 13.9. The highest BCUT2D eigenvalue weighted by Gasteiger charge is 2.31. The second-order valence-electron chi connectivity index (χ2n) is 7.28. The van der Waals surface area contributed by atoms with Gasteiger partial charge in [0.05, 0.1) is 0 Å². The number of H-pyrrole nitrogens is 1. The molecular weight excluding hydrogens is 374 g/mol. The van der Waals surface area contributed by atoms with E-state index in [1.807, 2.05) is 30.3 Å². The number of ether oxygens (including phenoxy) is 2. The number of rotatable bonds is 6. The van der Waals surface area contributed by atoms with Gasteiger partial charge in [0.1, 0.15) is 12.7 Å². The van der Waals surface area contributed by atoms with E-state index in [0.717, 1.165) is 24.1 Å². The van der Waals surface area contributed by atoms with Crippen LogP contribution in [0.5, 0.6) is 0 Å². The van der Waals surface area contributed by atoms with Crippen LogP contribution in [0.15, 0.2) is 36.4 Å². The monoisotopic (exact) mass is 401 g/mol. The van der Waals surface area contributed by atoms with E-state index in [4.69, 9.17) is 9.47 Å². The Balaban J connectivity index is 1.46. The van der Waals surface area contributed by atoms with Gasteiger partial charge in [0, 0.05) is 38.8 Å². The average Bonchev–Trinajstić information content (AvgIpc) is 3.36. The van der Waals surface area contributed by atoms with E-state index in [1.54, 1.807) is 32.2 Å². The van der Waals surface area contributed by atoms with Crippen molar-refractivity contribution < 1.29 is 19.1 Å². The second-order valence-corrected chi connectivity index (χ2v) is 7.28. The first-order valence-electron chi connectivity index (χ1n) is 9.57. The number of nitrogens with zero attached hydrogens (tertiary/aromatic N) is 3. The minimum absolute atomic E-state index is 0.134. The molecule has 1 aromatic heterocycles. The van der Waals surface area contributed by atoms with E-state index in [2.05, 4.69) is 15.5 Å². The molecule has 2 amide bonds. The number of benzene rings is 1. The Hall–Kier alpha value is -3.07. The summed E-state index contributed by atoms with van der Waals surface area (Å²) >= 11 is 0. The van der Waals surface area contributed by atoms with Crippen LogP contribution in [0.1, 0.15) is 36.4 Å². The maximum Gasteiger partial charge on any atom is 0.424 e. The van der Waals surface area contributed by atoms with E-state index >= 15 is 0 Å². The quantitative estimate of drug-likeness (QED) is 0.720. The molecule has 1 aliphatic rings. The van der Waals surface area contributed by atoms with Crippen LogP contribution < -0.4 is 5.32 Å². The molecule has 1 aliphatic carbocycles. The Morgan fingerprint density at radius 2 is 1.97 bits per heavy atom. The third kappa shape index (κ3) is 5.71. The Kier molecular flexibility index (Phi) is 6.71. The molecule has 1 saturated carbocycles. The van der Waals surface area contributed by atoms with Crippen LogP contribution >= 0.6 is 0 Å². The predicted octanol–water partition coefficient (Wildman–Crippen LogP) is 3.34. The summed E-state index contributed by atoms with van der Waals surface area (Å²) in [5.74, 6) is 0.603. The molecule has 1 aromatic carbocycles. The molecule has 9 heteroatoms. The summed E-state index contributed by atoms with van der Waals surface area (Å²) in [4.78, 5) is 24.0. The summed E-state index contributed by atoms with van der Waals surface area (Å²) in [5, 5.41) is 12.8. The predicted molar refractivity (Wildman–Crippen MR) is 107 cm³/mol. The van der Waals surface area contributed by atoms with Crippen LogP contribution in [0.4, 0.5) is 15.4 Å². The fraction of sp³-hybridized carbons (Fsp3) is 0.450. The maximum absolute atomic E-state index is 12.1. The number of nitrogens with one attached hydrogen (secondary N) is 2. The van der Waals surface area contributed by atoms with Gasteiger partial charge in [-0.05, 0) is 24.8 Å². The summed E-state index contributed by atoms with van der Waals surface area (Å²) in [6.45, 7) is 0.195. The molecule has 29 heavy (non-hydrogen) atoms. The van der Waals surface area contributed by atoms with Gasteiger partial charge in [-0.15, -0.1) is 0 Å². The zero-order valence-electron chi connectivity index (χ0n) is 16.9. The molecule has 2 N–H and O–H groups in total. The fourth-order valence-electron chi connectivity index (χ4n) is 3.19. The number of anilines is 1. The first-order valence-corrected chi connectivity index (χ1v) is 9.57. The van der Waals surface area contributed by atoms with Gasteiger partial charge in [0.2, 0.25) is 0 Å². The van der Waals surface area contributed by atoms with Crippen molar-refractivity contribution in [3.05, 3.63) is 47.7 Å². The fourth-order valence-corrected chi connectivity index (χ4v) is 3.19. The number of hydrogen-bond donors (Lipinski definition) is 2. The molecule has 9 nitrogen and oxygen atoms in total. The van der Waals surface area contributed by atoms with Crippen molar-refractivity contribution in [3.63, 3.8) is 0 Å². The zero-order chi connectivity index (χ0) is 20.8. The molecular formula is C20H27N5O4. The summed E-state index contributed by atoms with van der Waals surface area (Å²) < 4.78 is 10.8. The third-order valence-corrected chi connectivity index (χ3v) is 5.00. The van der Waals surface area contributed by atoms with Crippen LogP contribution in [-0.4, -0.2) is 59.6 Å². The normalized spacial score (nSPS) is 18.5.